The molecule has 2 amide bonds. The molecule has 3 aromatic rings. The Morgan fingerprint density at radius 3 is 2.27 bits per heavy atom. The second-order valence-corrected chi connectivity index (χ2v) is 8.70. The van der Waals surface area contributed by atoms with Crippen molar-refractivity contribution in [2.75, 3.05) is 9.80 Å². The Labute approximate surface area is 190 Å². The van der Waals surface area contributed by atoms with Gasteiger partial charge in [-0.3, -0.25) is 9.59 Å². The minimum atomic E-state index is -0.130. The van der Waals surface area contributed by atoms with E-state index in [9.17, 15) is 9.59 Å². The predicted molar refractivity (Wildman–Crippen MR) is 129 cm³/mol. The van der Waals surface area contributed by atoms with Crippen molar-refractivity contribution in [2.24, 2.45) is 0 Å². The van der Waals surface area contributed by atoms with Crippen molar-refractivity contribution in [2.45, 2.75) is 32.4 Å². The van der Waals surface area contributed by atoms with Gasteiger partial charge in [0.05, 0.1) is 11.6 Å². The van der Waals surface area contributed by atoms with Crippen molar-refractivity contribution in [1.29, 1.82) is 0 Å². The lowest BCUT2D eigenvalue weighted by molar-refractivity contribution is -0.117. The minimum Gasteiger partial charge on any atom is -0.305 e. The molecule has 0 spiro atoms. The Balaban J connectivity index is 1.80. The Kier molecular flexibility index (Phi) is 5.90. The minimum absolute atomic E-state index is 0.00696. The maximum atomic E-state index is 13.5. The SMILES string of the molecule is CC(=O)N(c1ccccc1)[C@@H]1C[C@@H](C)N(C(=O)c2ccccc2I)c2ccccc21. The largest absolute Gasteiger partial charge is 0.305 e. The van der Waals surface area contributed by atoms with E-state index in [1.165, 1.54) is 0 Å². The fourth-order valence-electron chi connectivity index (χ4n) is 4.27. The third-order valence-electron chi connectivity index (χ3n) is 5.57. The van der Waals surface area contributed by atoms with Crippen LogP contribution in [0.25, 0.3) is 0 Å². The Morgan fingerprint density at radius 1 is 0.933 bits per heavy atom. The van der Waals surface area contributed by atoms with Crippen LogP contribution < -0.4 is 9.80 Å². The van der Waals surface area contributed by atoms with Gasteiger partial charge in [-0.2, -0.15) is 0 Å². The summed E-state index contributed by atoms with van der Waals surface area (Å²) in [6.45, 7) is 3.66. The number of halogens is 1. The standard InChI is InChI=1S/C25H23IN2O2/c1-17-16-24(28(18(2)29)19-10-4-3-5-11-19)21-13-7-9-15-23(21)27(17)25(30)20-12-6-8-14-22(20)26/h3-15,17,24H,16H2,1-2H3/t17-,24-/m1/s1. The molecule has 0 N–H and O–H groups in total. The zero-order valence-electron chi connectivity index (χ0n) is 17.0. The van der Waals surface area contributed by atoms with Gasteiger partial charge in [-0.05, 0) is 71.8 Å². The van der Waals surface area contributed by atoms with Crippen LogP contribution in [-0.2, 0) is 4.79 Å². The molecule has 0 radical (unpaired) electrons. The molecule has 5 heteroatoms. The summed E-state index contributed by atoms with van der Waals surface area (Å²) in [5.41, 5.74) is 3.43. The molecular weight excluding hydrogens is 487 g/mol. The van der Waals surface area contributed by atoms with Crippen molar-refractivity contribution in [3.05, 3.63) is 93.6 Å². The molecule has 1 aliphatic heterocycles. The highest BCUT2D eigenvalue weighted by Gasteiger charge is 2.38. The van der Waals surface area contributed by atoms with Gasteiger partial charge in [0.25, 0.3) is 5.91 Å². The van der Waals surface area contributed by atoms with Gasteiger partial charge in [0, 0.05) is 27.9 Å². The van der Waals surface area contributed by atoms with Gasteiger partial charge in [0.1, 0.15) is 0 Å². The molecule has 1 aliphatic rings. The molecule has 0 aromatic heterocycles. The van der Waals surface area contributed by atoms with Crippen LogP contribution >= 0.6 is 22.6 Å². The maximum Gasteiger partial charge on any atom is 0.259 e. The number of anilines is 2. The predicted octanol–water partition coefficient (Wildman–Crippen LogP) is 5.82. The van der Waals surface area contributed by atoms with Gasteiger partial charge < -0.3 is 9.80 Å². The quantitative estimate of drug-likeness (QED) is 0.417. The van der Waals surface area contributed by atoms with Crippen LogP contribution in [0.4, 0.5) is 11.4 Å². The Bertz CT molecular complexity index is 1080. The fourth-order valence-corrected chi connectivity index (χ4v) is 4.89. The molecule has 3 aromatic carbocycles. The molecule has 2 atom stereocenters. The van der Waals surface area contributed by atoms with E-state index < -0.39 is 0 Å². The van der Waals surface area contributed by atoms with Gasteiger partial charge in [-0.15, -0.1) is 0 Å². The zero-order valence-corrected chi connectivity index (χ0v) is 19.1. The molecule has 4 nitrogen and oxygen atoms in total. The van der Waals surface area contributed by atoms with Gasteiger partial charge in [0.2, 0.25) is 5.91 Å². The van der Waals surface area contributed by atoms with Crippen LogP contribution in [0.1, 0.15) is 42.2 Å². The molecule has 0 unspecified atom stereocenters. The first-order chi connectivity index (χ1) is 14.5. The van der Waals surface area contributed by atoms with E-state index in [0.29, 0.717) is 12.0 Å². The molecular formula is C25H23IN2O2. The Hall–Kier alpha value is -2.67. The highest BCUT2D eigenvalue weighted by molar-refractivity contribution is 14.1. The normalized spacial score (nSPS) is 17.9. The van der Waals surface area contributed by atoms with E-state index in [0.717, 1.165) is 20.5 Å². The van der Waals surface area contributed by atoms with Gasteiger partial charge in [-0.25, -0.2) is 0 Å². The Morgan fingerprint density at radius 2 is 1.57 bits per heavy atom. The van der Waals surface area contributed by atoms with E-state index in [-0.39, 0.29) is 23.9 Å². The van der Waals surface area contributed by atoms with Gasteiger partial charge in [-0.1, -0.05) is 48.5 Å². The van der Waals surface area contributed by atoms with Gasteiger partial charge in [0.15, 0.2) is 0 Å². The number of para-hydroxylation sites is 2. The summed E-state index contributed by atoms with van der Waals surface area (Å²) in [4.78, 5) is 29.9. The molecule has 4 rings (SSSR count). The topological polar surface area (TPSA) is 40.6 Å². The second kappa shape index (κ2) is 8.60. The average molecular weight is 510 g/mol. The molecule has 0 bridgehead atoms. The third kappa shape index (κ3) is 3.74. The molecule has 0 aliphatic carbocycles. The molecule has 30 heavy (non-hydrogen) atoms. The molecule has 1 heterocycles. The van der Waals surface area contributed by atoms with Crippen molar-refractivity contribution in [1.82, 2.24) is 0 Å². The fraction of sp³-hybridized carbons (Fsp3) is 0.200. The van der Waals surface area contributed by atoms with E-state index in [1.807, 2.05) is 88.7 Å². The summed E-state index contributed by atoms with van der Waals surface area (Å²) in [7, 11) is 0. The lowest BCUT2D eigenvalue weighted by Crippen LogP contribution is -2.47. The summed E-state index contributed by atoms with van der Waals surface area (Å²) >= 11 is 2.21. The number of nitrogens with zero attached hydrogens (tertiary/aromatic N) is 2. The number of fused-ring (bicyclic) bond motifs is 1. The van der Waals surface area contributed by atoms with Crippen LogP contribution in [0, 0.1) is 3.57 Å². The number of amides is 2. The van der Waals surface area contributed by atoms with Crippen LogP contribution in [0.15, 0.2) is 78.9 Å². The van der Waals surface area contributed by atoms with Gasteiger partial charge >= 0.3 is 0 Å². The van der Waals surface area contributed by atoms with Crippen LogP contribution in [0.5, 0.6) is 0 Å². The van der Waals surface area contributed by atoms with Crippen LogP contribution in [-0.4, -0.2) is 17.9 Å². The van der Waals surface area contributed by atoms with Crippen molar-refractivity contribution < 1.29 is 9.59 Å². The summed E-state index contributed by atoms with van der Waals surface area (Å²) in [5.74, 6) is -0.0157. The van der Waals surface area contributed by atoms with E-state index in [4.69, 9.17) is 0 Å². The molecule has 0 saturated carbocycles. The molecule has 0 fully saturated rings. The number of benzene rings is 3. The summed E-state index contributed by atoms with van der Waals surface area (Å²) in [6, 6.07) is 25.1. The van der Waals surface area contributed by atoms with Crippen LogP contribution in [0.2, 0.25) is 0 Å². The van der Waals surface area contributed by atoms with Crippen molar-refractivity contribution >= 4 is 45.8 Å². The number of hydrogen-bond acceptors (Lipinski definition) is 2. The smallest absolute Gasteiger partial charge is 0.259 e. The first-order valence-electron chi connectivity index (χ1n) is 10.0. The first kappa shape index (κ1) is 20.6. The van der Waals surface area contributed by atoms with Crippen molar-refractivity contribution in [3.63, 3.8) is 0 Å². The number of rotatable bonds is 3. The highest BCUT2D eigenvalue weighted by atomic mass is 127. The average Bonchev–Trinajstić information content (AvgIpc) is 2.74. The third-order valence-corrected chi connectivity index (χ3v) is 6.51. The first-order valence-corrected chi connectivity index (χ1v) is 11.1. The maximum absolute atomic E-state index is 13.5. The van der Waals surface area contributed by atoms with Crippen molar-refractivity contribution in [3.8, 4) is 0 Å². The summed E-state index contributed by atoms with van der Waals surface area (Å²) in [6.07, 6.45) is 0.667. The number of carbonyl (C=O) groups excluding carboxylic acids is 2. The summed E-state index contributed by atoms with van der Waals surface area (Å²) < 4.78 is 0.932. The zero-order chi connectivity index (χ0) is 21.3. The van der Waals surface area contributed by atoms with E-state index in [2.05, 4.69) is 29.5 Å². The monoisotopic (exact) mass is 510 g/mol. The van der Waals surface area contributed by atoms with E-state index in [1.54, 1.807) is 6.92 Å². The summed E-state index contributed by atoms with van der Waals surface area (Å²) in [5, 5.41) is 0. The number of carbonyl (C=O) groups is 2. The number of hydrogen-bond donors (Lipinski definition) is 0. The lowest BCUT2D eigenvalue weighted by Gasteiger charge is -2.43. The molecule has 0 saturated heterocycles. The lowest BCUT2D eigenvalue weighted by atomic mass is 9.89. The van der Waals surface area contributed by atoms with Crippen LogP contribution in [0.3, 0.4) is 0 Å². The molecule has 152 valence electrons. The second-order valence-electron chi connectivity index (χ2n) is 7.54. The van der Waals surface area contributed by atoms with E-state index >= 15 is 0 Å². The highest BCUT2D eigenvalue weighted by Crippen LogP contribution is 2.42.